The number of nitrogens with zero attached hydrogens (tertiary/aromatic N) is 1. The van der Waals surface area contributed by atoms with E-state index in [1.54, 1.807) is 0 Å². The molecule has 20 heavy (non-hydrogen) atoms. The van der Waals surface area contributed by atoms with Gasteiger partial charge < -0.3 is 10.0 Å². The van der Waals surface area contributed by atoms with Crippen molar-refractivity contribution in [3.05, 3.63) is 35.4 Å². The molecule has 112 valence electrons. The van der Waals surface area contributed by atoms with E-state index in [-0.39, 0.29) is 5.56 Å². The first-order valence-electron chi connectivity index (χ1n) is 7.45. The lowest BCUT2D eigenvalue weighted by Crippen LogP contribution is -2.34. The third kappa shape index (κ3) is 3.76. The molecular weight excluding hydrogens is 260 g/mol. The SMILES string of the molecule is CC1CCCCCN1CCC(O)c1cccc(F)c1F. The van der Waals surface area contributed by atoms with Crippen molar-refractivity contribution in [3.8, 4) is 0 Å². The maximum atomic E-state index is 13.6. The quantitative estimate of drug-likeness (QED) is 0.911. The highest BCUT2D eigenvalue weighted by Crippen LogP contribution is 2.24. The summed E-state index contributed by atoms with van der Waals surface area (Å²) in [5.41, 5.74) is 0.0625. The Kier molecular flexibility index (Phi) is 5.49. The highest BCUT2D eigenvalue weighted by Gasteiger charge is 2.20. The average molecular weight is 283 g/mol. The van der Waals surface area contributed by atoms with Crippen LogP contribution in [0.25, 0.3) is 0 Å². The molecule has 1 heterocycles. The molecule has 2 unspecified atom stereocenters. The highest BCUT2D eigenvalue weighted by molar-refractivity contribution is 5.21. The molecule has 0 amide bonds. The second-order valence-corrected chi connectivity index (χ2v) is 5.68. The average Bonchev–Trinajstić information content (AvgIpc) is 2.64. The first-order chi connectivity index (χ1) is 9.59. The maximum absolute atomic E-state index is 13.6. The normalized spacial score (nSPS) is 22.5. The van der Waals surface area contributed by atoms with Crippen molar-refractivity contribution in [3.63, 3.8) is 0 Å². The molecular formula is C16H23F2NO. The molecule has 0 spiro atoms. The number of aliphatic hydroxyl groups excluding tert-OH is 1. The Labute approximate surface area is 119 Å². The second kappa shape index (κ2) is 7.14. The van der Waals surface area contributed by atoms with Gasteiger partial charge in [0.05, 0.1) is 6.10 Å². The highest BCUT2D eigenvalue weighted by atomic mass is 19.2. The van der Waals surface area contributed by atoms with Gasteiger partial charge in [0, 0.05) is 18.2 Å². The zero-order valence-corrected chi connectivity index (χ0v) is 12.0. The molecule has 0 aromatic heterocycles. The third-order valence-electron chi connectivity index (χ3n) is 4.22. The Morgan fingerprint density at radius 1 is 1.30 bits per heavy atom. The van der Waals surface area contributed by atoms with E-state index in [0.717, 1.165) is 19.2 Å². The summed E-state index contributed by atoms with van der Waals surface area (Å²) in [5.74, 6) is -1.83. The number of rotatable bonds is 4. The number of benzene rings is 1. The summed E-state index contributed by atoms with van der Waals surface area (Å²) in [4.78, 5) is 2.34. The monoisotopic (exact) mass is 283 g/mol. The van der Waals surface area contributed by atoms with E-state index >= 15 is 0 Å². The fourth-order valence-corrected chi connectivity index (χ4v) is 2.89. The summed E-state index contributed by atoms with van der Waals surface area (Å²) in [6.45, 7) is 3.94. The zero-order chi connectivity index (χ0) is 14.5. The second-order valence-electron chi connectivity index (χ2n) is 5.68. The maximum Gasteiger partial charge on any atom is 0.164 e. The summed E-state index contributed by atoms with van der Waals surface area (Å²) >= 11 is 0. The molecule has 0 saturated carbocycles. The zero-order valence-electron chi connectivity index (χ0n) is 12.0. The van der Waals surface area contributed by atoms with E-state index in [0.29, 0.717) is 12.5 Å². The molecule has 0 bridgehead atoms. The van der Waals surface area contributed by atoms with Crippen LogP contribution in [-0.2, 0) is 0 Å². The van der Waals surface area contributed by atoms with Crippen LogP contribution in [0.4, 0.5) is 8.78 Å². The van der Waals surface area contributed by atoms with Gasteiger partial charge in [0.1, 0.15) is 0 Å². The van der Waals surface area contributed by atoms with E-state index in [1.807, 2.05) is 0 Å². The van der Waals surface area contributed by atoms with Gasteiger partial charge in [-0.15, -0.1) is 0 Å². The topological polar surface area (TPSA) is 23.5 Å². The fourth-order valence-electron chi connectivity index (χ4n) is 2.89. The van der Waals surface area contributed by atoms with Gasteiger partial charge in [-0.05, 0) is 38.8 Å². The van der Waals surface area contributed by atoms with Gasteiger partial charge in [-0.3, -0.25) is 0 Å². The van der Waals surface area contributed by atoms with Crippen molar-refractivity contribution in [1.29, 1.82) is 0 Å². The lowest BCUT2D eigenvalue weighted by Gasteiger charge is -2.27. The Balaban J connectivity index is 1.94. The largest absolute Gasteiger partial charge is 0.388 e. The molecule has 2 nitrogen and oxygen atoms in total. The summed E-state index contributed by atoms with van der Waals surface area (Å²) in [5, 5.41) is 10.1. The van der Waals surface area contributed by atoms with Crippen LogP contribution in [0.2, 0.25) is 0 Å². The molecule has 0 radical (unpaired) electrons. The number of likely N-dealkylation sites (tertiary alicyclic amines) is 1. The van der Waals surface area contributed by atoms with Crippen molar-refractivity contribution in [1.82, 2.24) is 4.90 Å². The molecule has 2 atom stereocenters. The van der Waals surface area contributed by atoms with Crippen LogP contribution in [0.5, 0.6) is 0 Å². The minimum atomic E-state index is -0.943. The lowest BCUT2D eigenvalue weighted by molar-refractivity contribution is 0.124. The minimum Gasteiger partial charge on any atom is -0.388 e. The van der Waals surface area contributed by atoms with E-state index in [4.69, 9.17) is 0 Å². The first kappa shape index (κ1) is 15.4. The molecule has 1 N–H and O–H groups in total. The van der Waals surface area contributed by atoms with Crippen LogP contribution in [-0.4, -0.2) is 29.1 Å². The van der Waals surface area contributed by atoms with E-state index < -0.39 is 17.7 Å². The van der Waals surface area contributed by atoms with Crippen molar-refractivity contribution in [2.75, 3.05) is 13.1 Å². The number of aliphatic hydroxyl groups is 1. The predicted octanol–water partition coefficient (Wildman–Crippen LogP) is 3.65. The summed E-state index contributed by atoms with van der Waals surface area (Å²) in [6.07, 6.45) is 4.34. The Bertz CT molecular complexity index is 438. The van der Waals surface area contributed by atoms with Crippen molar-refractivity contribution in [2.24, 2.45) is 0 Å². The Morgan fingerprint density at radius 2 is 2.10 bits per heavy atom. The first-order valence-corrected chi connectivity index (χ1v) is 7.45. The van der Waals surface area contributed by atoms with Gasteiger partial charge in [0.15, 0.2) is 11.6 Å². The molecule has 1 saturated heterocycles. The summed E-state index contributed by atoms with van der Waals surface area (Å²) in [6, 6.07) is 4.46. The fraction of sp³-hybridized carbons (Fsp3) is 0.625. The van der Waals surface area contributed by atoms with Gasteiger partial charge in [0.2, 0.25) is 0 Å². The Morgan fingerprint density at radius 3 is 2.90 bits per heavy atom. The van der Waals surface area contributed by atoms with E-state index in [2.05, 4.69) is 11.8 Å². The van der Waals surface area contributed by atoms with Gasteiger partial charge in [-0.1, -0.05) is 25.0 Å². The van der Waals surface area contributed by atoms with Gasteiger partial charge >= 0.3 is 0 Å². The minimum absolute atomic E-state index is 0.0625. The van der Waals surface area contributed by atoms with E-state index in [1.165, 1.54) is 37.8 Å². The molecule has 1 aliphatic rings. The van der Waals surface area contributed by atoms with Crippen molar-refractivity contribution < 1.29 is 13.9 Å². The molecule has 1 fully saturated rings. The van der Waals surface area contributed by atoms with Gasteiger partial charge in [0.25, 0.3) is 0 Å². The van der Waals surface area contributed by atoms with Crippen LogP contribution in [0, 0.1) is 11.6 Å². The van der Waals surface area contributed by atoms with E-state index in [9.17, 15) is 13.9 Å². The van der Waals surface area contributed by atoms with Crippen LogP contribution in [0.1, 0.15) is 50.7 Å². The van der Waals surface area contributed by atoms with Crippen LogP contribution >= 0.6 is 0 Å². The molecule has 1 aromatic carbocycles. The molecule has 2 rings (SSSR count). The van der Waals surface area contributed by atoms with Gasteiger partial charge in [-0.25, -0.2) is 8.78 Å². The smallest absolute Gasteiger partial charge is 0.164 e. The van der Waals surface area contributed by atoms with Crippen molar-refractivity contribution >= 4 is 0 Å². The number of halogens is 2. The van der Waals surface area contributed by atoms with Crippen LogP contribution in [0.3, 0.4) is 0 Å². The summed E-state index contributed by atoms with van der Waals surface area (Å²) in [7, 11) is 0. The molecule has 4 heteroatoms. The van der Waals surface area contributed by atoms with Gasteiger partial charge in [-0.2, -0.15) is 0 Å². The van der Waals surface area contributed by atoms with Crippen molar-refractivity contribution in [2.45, 2.75) is 51.2 Å². The molecule has 1 aliphatic heterocycles. The lowest BCUT2D eigenvalue weighted by atomic mass is 10.0. The standard InChI is InChI=1S/C16H23F2NO/c1-12-6-3-2-4-10-19(12)11-9-15(20)13-7-5-8-14(17)16(13)18/h5,7-8,12,15,20H,2-4,6,9-11H2,1H3. The predicted molar refractivity (Wildman–Crippen MR) is 75.4 cm³/mol. The number of hydrogen-bond donors (Lipinski definition) is 1. The van der Waals surface area contributed by atoms with Crippen LogP contribution < -0.4 is 0 Å². The van der Waals surface area contributed by atoms with Crippen LogP contribution in [0.15, 0.2) is 18.2 Å². The molecule has 1 aromatic rings. The Hall–Kier alpha value is -1.00. The third-order valence-corrected chi connectivity index (χ3v) is 4.22. The number of hydrogen-bond acceptors (Lipinski definition) is 2. The molecule has 0 aliphatic carbocycles. The summed E-state index contributed by atoms with van der Waals surface area (Å²) < 4.78 is 26.8.